The van der Waals surface area contributed by atoms with Gasteiger partial charge < -0.3 is 0 Å². The zero-order chi connectivity index (χ0) is 37.9. The van der Waals surface area contributed by atoms with E-state index in [1.807, 2.05) is 66.7 Å². The van der Waals surface area contributed by atoms with Crippen molar-refractivity contribution in [2.45, 2.75) is 79.1 Å². The quantitative estimate of drug-likeness (QED) is 0.137. The largest absolute Gasteiger partial charge is 0.217 e. The minimum Gasteiger partial charge on any atom is -0.217 e. The molecule has 0 spiro atoms. The summed E-state index contributed by atoms with van der Waals surface area (Å²) in [5, 5.41) is 0. The summed E-state index contributed by atoms with van der Waals surface area (Å²) in [4.78, 5) is 44.5. The molecule has 0 fully saturated rings. The van der Waals surface area contributed by atoms with Gasteiger partial charge in [0.2, 0.25) is 0 Å². The van der Waals surface area contributed by atoms with E-state index in [1.54, 1.807) is 0 Å². The van der Waals surface area contributed by atoms with Crippen LogP contribution in [0.3, 0.4) is 0 Å². The van der Waals surface area contributed by atoms with Gasteiger partial charge in [-0.25, -0.2) is 44.9 Å². The van der Waals surface area contributed by atoms with Gasteiger partial charge in [0.1, 0.15) is 23.3 Å². The van der Waals surface area contributed by atoms with Gasteiger partial charge in [0.15, 0.2) is 29.1 Å². The Labute approximate surface area is 317 Å². The first kappa shape index (κ1) is 36.3. The summed E-state index contributed by atoms with van der Waals surface area (Å²) in [5.41, 5.74) is 6.41. The average Bonchev–Trinajstić information content (AvgIpc) is 3.20. The number of nitrogens with zero attached hydrogens (tertiary/aromatic N) is 9. The Morgan fingerprint density at radius 3 is 0.981 bits per heavy atom. The maximum atomic E-state index is 5.13. The first-order chi connectivity index (χ1) is 26.0. The summed E-state index contributed by atoms with van der Waals surface area (Å²) in [7, 11) is 0. The van der Waals surface area contributed by atoms with Crippen LogP contribution in [0.1, 0.15) is 102 Å². The number of rotatable bonds is 10. The highest BCUT2D eigenvalue weighted by Gasteiger charge is 2.19. The highest BCUT2D eigenvalue weighted by molar-refractivity contribution is 5.78. The molecule has 7 aromatic rings. The zero-order valence-corrected chi connectivity index (χ0v) is 32.1. The molecule has 0 saturated carbocycles. The molecule has 0 N–H and O–H groups in total. The number of hydrogen-bond acceptors (Lipinski definition) is 9. The summed E-state index contributed by atoms with van der Waals surface area (Å²) in [6, 6.07) is 34.8. The van der Waals surface area contributed by atoms with Gasteiger partial charge in [-0.2, -0.15) is 0 Å². The number of hydrogen-bond donors (Lipinski definition) is 0. The molecule has 270 valence electrons. The molecule has 0 aliphatic carbocycles. The van der Waals surface area contributed by atoms with Gasteiger partial charge in [0, 0.05) is 51.5 Å². The molecule has 9 nitrogen and oxygen atoms in total. The van der Waals surface area contributed by atoms with E-state index < -0.39 is 0 Å². The zero-order valence-electron chi connectivity index (χ0n) is 32.1. The first-order valence-corrected chi connectivity index (χ1v) is 18.7. The lowest BCUT2D eigenvalue weighted by Gasteiger charge is -2.14. The molecule has 0 aliphatic heterocycles. The van der Waals surface area contributed by atoms with Crippen molar-refractivity contribution >= 4 is 0 Å². The first-order valence-electron chi connectivity index (χ1n) is 18.7. The topological polar surface area (TPSA) is 116 Å². The number of aromatic nitrogens is 9. The van der Waals surface area contributed by atoms with Crippen molar-refractivity contribution in [3.63, 3.8) is 0 Å². The maximum Gasteiger partial charge on any atom is 0.163 e. The van der Waals surface area contributed by atoms with Crippen molar-refractivity contribution in [1.29, 1.82) is 0 Å². The van der Waals surface area contributed by atoms with Crippen LogP contribution in [0, 0.1) is 0 Å². The van der Waals surface area contributed by atoms with Crippen LogP contribution in [0.4, 0.5) is 0 Å². The van der Waals surface area contributed by atoms with E-state index in [0.717, 1.165) is 56.4 Å². The Balaban J connectivity index is 1.40. The smallest absolute Gasteiger partial charge is 0.163 e. The van der Waals surface area contributed by atoms with Crippen LogP contribution in [-0.4, -0.2) is 44.9 Å². The van der Waals surface area contributed by atoms with E-state index in [4.69, 9.17) is 44.9 Å². The van der Waals surface area contributed by atoms with Crippen LogP contribution in [0.15, 0.2) is 103 Å². The Bertz CT molecular complexity index is 2380. The lowest BCUT2D eigenvalue weighted by molar-refractivity contribution is 0.697. The lowest BCUT2D eigenvalue weighted by Crippen LogP contribution is -2.08. The fraction of sp³-hybridized carbons (Fsp3) is 0.267. The predicted octanol–water partition coefficient (Wildman–Crippen LogP) is 10.7. The average molecular weight is 712 g/mol. The van der Waals surface area contributed by atoms with Crippen molar-refractivity contribution in [2.24, 2.45) is 0 Å². The molecule has 0 saturated heterocycles. The normalized spacial score (nSPS) is 11.6. The van der Waals surface area contributed by atoms with E-state index in [1.165, 1.54) is 0 Å². The van der Waals surface area contributed by atoms with E-state index in [9.17, 15) is 0 Å². The standard InChI is InChI=1S/C45H45N9/c1-26(2)37-46-38(27(3)4)49-42(48-37)32-20-15-21-33(22-32)43-50-40(29(7)8)52-45(54-43)36-24-34(30-16-11-9-12-17-30)23-35(25-36)44-51-39(28(5)6)47-41(53-44)31-18-13-10-14-19-31/h9-29H,1-8H3. The Kier molecular flexibility index (Phi) is 10.4. The monoisotopic (exact) mass is 711 g/mol. The molecule has 0 atom stereocenters. The Morgan fingerprint density at radius 2 is 0.556 bits per heavy atom. The molecule has 54 heavy (non-hydrogen) atoms. The third kappa shape index (κ3) is 7.95. The van der Waals surface area contributed by atoms with Crippen LogP contribution in [0.5, 0.6) is 0 Å². The predicted molar refractivity (Wildman–Crippen MR) is 216 cm³/mol. The third-order valence-electron chi connectivity index (χ3n) is 9.01. The third-order valence-corrected chi connectivity index (χ3v) is 9.01. The van der Waals surface area contributed by atoms with Gasteiger partial charge in [-0.15, -0.1) is 0 Å². The second kappa shape index (κ2) is 15.5. The summed E-state index contributed by atoms with van der Waals surface area (Å²) >= 11 is 0. The molecule has 9 heteroatoms. The molecule has 0 bridgehead atoms. The summed E-state index contributed by atoms with van der Waals surface area (Å²) in [5.74, 6) is 6.51. The fourth-order valence-electron chi connectivity index (χ4n) is 5.94. The van der Waals surface area contributed by atoms with Crippen LogP contribution < -0.4 is 0 Å². The molecule has 0 amide bonds. The molecule has 3 aromatic heterocycles. The van der Waals surface area contributed by atoms with Gasteiger partial charge in [-0.05, 0) is 35.4 Å². The molecule has 4 aromatic carbocycles. The van der Waals surface area contributed by atoms with E-state index in [-0.39, 0.29) is 23.7 Å². The molecular formula is C45H45N9. The molecule has 0 aliphatic rings. The van der Waals surface area contributed by atoms with Gasteiger partial charge in [0.05, 0.1) is 0 Å². The van der Waals surface area contributed by atoms with E-state index in [2.05, 4.69) is 91.8 Å². The lowest BCUT2D eigenvalue weighted by atomic mass is 9.98. The van der Waals surface area contributed by atoms with Crippen LogP contribution in [0.25, 0.3) is 68.1 Å². The summed E-state index contributed by atoms with van der Waals surface area (Å²) in [6.45, 7) is 16.8. The molecule has 7 rings (SSSR count). The van der Waals surface area contributed by atoms with Crippen LogP contribution >= 0.6 is 0 Å². The van der Waals surface area contributed by atoms with Crippen LogP contribution in [0.2, 0.25) is 0 Å². The van der Waals surface area contributed by atoms with Gasteiger partial charge >= 0.3 is 0 Å². The van der Waals surface area contributed by atoms with E-state index >= 15 is 0 Å². The molecule has 3 heterocycles. The minimum absolute atomic E-state index is 0.0572. The van der Waals surface area contributed by atoms with Crippen molar-refractivity contribution in [1.82, 2.24) is 44.9 Å². The minimum atomic E-state index is 0.0572. The van der Waals surface area contributed by atoms with Crippen molar-refractivity contribution < 1.29 is 0 Å². The van der Waals surface area contributed by atoms with Crippen molar-refractivity contribution in [3.05, 3.63) is 126 Å². The highest BCUT2D eigenvalue weighted by Crippen LogP contribution is 2.34. The fourth-order valence-corrected chi connectivity index (χ4v) is 5.94. The SMILES string of the molecule is CC(C)c1nc(-c2ccccc2)nc(-c2cc(-c3ccccc3)cc(-c3nc(-c4cccc(-c5nc(C(C)C)nc(C(C)C)n5)c4)nc(C(C)C)n3)c2)n1. The van der Waals surface area contributed by atoms with Crippen molar-refractivity contribution in [2.75, 3.05) is 0 Å². The second-order valence-electron chi connectivity index (χ2n) is 14.8. The molecule has 0 unspecified atom stereocenters. The van der Waals surface area contributed by atoms with Crippen molar-refractivity contribution in [3.8, 4) is 68.1 Å². The molecular weight excluding hydrogens is 667 g/mol. The van der Waals surface area contributed by atoms with Gasteiger partial charge in [0.25, 0.3) is 0 Å². The Hall–Kier alpha value is -6.09. The Morgan fingerprint density at radius 1 is 0.259 bits per heavy atom. The van der Waals surface area contributed by atoms with Gasteiger partial charge in [-0.1, -0.05) is 134 Å². The van der Waals surface area contributed by atoms with E-state index in [0.29, 0.717) is 34.9 Å². The summed E-state index contributed by atoms with van der Waals surface area (Å²) < 4.78 is 0. The van der Waals surface area contributed by atoms with Crippen LogP contribution in [-0.2, 0) is 0 Å². The number of benzene rings is 4. The second-order valence-corrected chi connectivity index (χ2v) is 14.8. The highest BCUT2D eigenvalue weighted by atomic mass is 15.1. The molecule has 0 radical (unpaired) electrons. The maximum absolute atomic E-state index is 5.13. The van der Waals surface area contributed by atoms with Gasteiger partial charge in [-0.3, -0.25) is 0 Å². The summed E-state index contributed by atoms with van der Waals surface area (Å²) in [6.07, 6.45) is 0.